The number of rotatable bonds is 6. The number of nitrogens with zero attached hydrogens (tertiary/aromatic N) is 3. The number of thiazole rings is 1. The van der Waals surface area contributed by atoms with E-state index in [2.05, 4.69) is 20.5 Å². The second kappa shape index (κ2) is 10.1. The van der Waals surface area contributed by atoms with Crippen LogP contribution in [0, 0.1) is 0 Å². The maximum atomic E-state index is 12.2. The predicted molar refractivity (Wildman–Crippen MR) is 110 cm³/mol. The summed E-state index contributed by atoms with van der Waals surface area (Å²) < 4.78 is 0. The zero-order chi connectivity index (χ0) is 20.6. The van der Waals surface area contributed by atoms with Crippen molar-refractivity contribution in [3.8, 4) is 5.88 Å². The summed E-state index contributed by atoms with van der Waals surface area (Å²) in [5.41, 5.74) is 0.621. The number of aromatic nitrogens is 1. The van der Waals surface area contributed by atoms with Gasteiger partial charge in [0.25, 0.3) is 0 Å². The van der Waals surface area contributed by atoms with Gasteiger partial charge in [-0.1, -0.05) is 43.4 Å². The van der Waals surface area contributed by atoms with E-state index in [1.165, 1.54) is 43.5 Å². The minimum absolute atomic E-state index is 0.0524. The first-order valence-electron chi connectivity index (χ1n) is 9.74. The molecule has 1 fully saturated rings. The van der Waals surface area contributed by atoms with Gasteiger partial charge < -0.3 is 15.5 Å². The van der Waals surface area contributed by atoms with Crippen LogP contribution in [0.4, 0.5) is 10.8 Å². The molecular formula is C20H24N4O4S. The van der Waals surface area contributed by atoms with Gasteiger partial charge in [0.15, 0.2) is 0 Å². The topological polar surface area (TPSA) is 124 Å². The average molecular weight is 417 g/mol. The van der Waals surface area contributed by atoms with Crippen molar-refractivity contribution in [3.05, 3.63) is 34.7 Å². The zero-order valence-corrected chi connectivity index (χ0v) is 16.8. The van der Waals surface area contributed by atoms with Gasteiger partial charge in [0.2, 0.25) is 16.9 Å². The third-order valence-corrected chi connectivity index (χ3v) is 5.71. The van der Waals surface area contributed by atoms with Crippen molar-refractivity contribution < 1.29 is 19.8 Å². The molecule has 29 heavy (non-hydrogen) atoms. The van der Waals surface area contributed by atoms with Crippen LogP contribution in [0.3, 0.4) is 0 Å². The molecule has 1 aliphatic rings. The highest BCUT2D eigenvalue weighted by Crippen LogP contribution is 2.31. The smallest absolute Gasteiger partial charge is 0.335 e. The number of carbonyl (C=O) groups excluding carboxylic acids is 1. The normalized spacial score (nSPS) is 15.7. The standard InChI is InChI=1S/C20H24N4O4S/c25-17(21-14-10-8-13(9-11-14)19(27)28)12-16-18(26)22-20(29-16)24-23-15-6-4-2-1-3-5-7-15/h8-11,15,26H,1-7,12H2,(H,21,25)(H,27,28). The Bertz CT molecular complexity index is 871. The van der Waals surface area contributed by atoms with E-state index in [1.807, 2.05) is 0 Å². The molecule has 0 spiro atoms. The Morgan fingerprint density at radius 1 is 1.10 bits per heavy atom. The maximum Gasteiger partial charge on any atom is 0.335 e. The van der Waals surface area contributed by atoms with Gasteiger partial charge in [-0.25, -0.2) is 4.79 Å². The molecule has 154 valence electrons. The number of hydrogen-bond acceptors (Lipinski definition) is 7. The van der Waals surface area contributed by atoms with Crippen molar-refractivity contribution in [2.75, 3.05) is 5.32 Å². The lowest BCUT2D eigenvalue weighted by atomic mass is 9.97. The van der Waals surface area contributed by atoms with Crippen LogP contribution in [0.1, 0.15) is 60.2 Å². The third-order valence-electron chi connectivity index (χ3n) is 4.78. The Kier molecular flexibility index (Phi) is 7.29. The summed E-state index contributed by atoms with van der Waals surface area (Å²) in [6.45, 7) is 0. The summed E-state index contributed by atoms with van der Waals surface area (Å²) >= 11 is 1.14. The Morgan fingerprint density at radius 3 is 2.41 bits per heavy atom. The predicted octanol–water partition coefficient (Wildman–Crippen LogP) is 4.92. The van der Waals surface area contributed by atoms with Crippen LogP contribution in [0.25, 0.3) is 0 Å². The van der Waals surface area contributed by atoms with E-state index in [4.69, 9.17) is 5.11 Å². The molecule has 0 aliphatic heterocycles. The Hall–Kier alpha value is -2.81. The molecule has 3 rings (SSSR count). The van der Waals surface area contributed by atoms with Gasteiger partial charge >= 0.3 is 5.97 Å². The van der Waals surface area contributed by atoms with Crippen molar-refractivity contribution in [2.24, 2.45) is 10.2 Å². The summed E-state index contributed by atoms with van der Waals surface area (Å²) in [7, 11) is 0. The monoisotopic (exact) mass is 416 g/mol. The fourth-order valence-electron chi connectivity index (χ4n) is 3.22. The lowest BCUT2D eigenvalue weighted by Crippen LogP contribution is -2.13. The van der Waals surface area contributed by atoms with Gasteiger partial charge in [0.1, 0.15) is 0 Å². The van der Waals surface area contributed by atoms with E-state index in [0.717, 1.165) is 37.0 Å². The van der Waals surface area contributed by atoms with Crippen LogP contribution >= 0.6 is 11.3 Å². The van der Waals surface area contributed by atoms with Crippen molar-refractivity contribution in [3.63, 3.8) is 0 Å². The van der Waals surface area contributed by atoms with Gasteiger partial charge in [-0.05, 0) is 37.1 Å². The largest absolute Gasteiger partial charge is 0.492 e. The van der Waals surface area contributed by atoms with E-state index >= 15 is 0 Å². The number of amides is 1. The molecule has 1 aliphatic carbocycles. The molecule has 1 aromatic carbocycles. The molecular weight excluding hydrogens is 392 g/mol. The molecule has 0 saturated heterocycles. The van der Waals surface area contributed by atoms with Gasteiger partial charge in [-0.2, -0.15) is 10.1 Å². The van der Waals surface area contributed by atoms with Crippen molar-refractivity contribution >= 4 is 34.0 Å². The lowest BCUT2D eigenvalue weighted by Gasteiger charge is -2.13. The van der Waals surface area contributed by atoms with Crippen molar-refractivity contribution in [1.29, 1.82) is 0 Å². The van der Waals surface area contributed by atoms with E-state index in [9.17, 15) is 14.7 Å². The first-order valence-corrected chi connectivity index (χ1v) is 10.6. The Labute approximate surface area is 172 Å². The minimum Gasteiger partial charge on any atom is -0.492 e. The van der Waals surface area contributed by atoms with Gasteiger partial charge in [-0.3, -0.25) is 4.79 Å². The highest BCUT2D eigenvalue weighted by Gasteiger charge is 2.15. The van der Waals surface area contributed by atoms with Crippen molar-refractivity contribution in [1.82, 2.24) is 4.98 Å². The van der Waals surface area contributed by atoms with Gasteiger partial charge in [-0.15, -0.1) is 5.11 Å². The number of carbonyl (C=O) groups is 2. The molecule has 1 amide bonds. The number of aromatic hydroxyl groups is 1. The fourth-order valence-corrected chi connectivity index (χ4v) is 4.00. The molecule has 2 aromatic rings. The zero-order valence-electron chi connectivity index (χ0n) is 16.0. The molecule has 0 unspecified atom stereocenters. The number of anilines is 1. The molecule has 0 atom stereocenters. The molecule has 1 heterocycles. The molecule has 8 nitrogen and oxygen atoms in total. The second-order valence-electron chi connectivity index (χ2n) is 7.07. The van der Waals surface area contributed by atoms with Crippen LogP contribution in [0.5, 0.6) is 5.88 Å². The molecule has 0 bridgehead atoms. The van der Waals surface area contributed by atoms with Crippen LogP contribution < -0.4 is 5.32 Å². The molecule has 9 heteroatoms. The maximum absolute atomic E-state index is 12.2. The number of aromatic carboxylic acids is 1. The van der Waals surface area contributed by atoms with E-state index in [-0.39, 0.29) is 29.8 Å². The molecule has 0 radical (unpaired) electrons. The van der Waals surface area contributed by atoms with Gasteiger partial charge in [0, 0.05) is 5.69 Å². The quantitative estimate of drug-likeness (QED) is 0.576. The number of hydrogen-bond donors (Lipinski definition) is 3. The lowest BCUT2D eigenvalue weighted by molar-refractivity contribution is -0.115. The number of azo groups is 1. The molecule has 3 N–H and O–H groups in total. The Balaban J connectivity index is 1.57. The van der Waals surface area contributed by atoms with E-state index < -0.39 is 5.97 Å². The highest BCUT2D eigenvalue weighted by molar-refractivity contribution is 7.15. The molecule has 1 saturated carbocycles. The first-order chi connectivity index (χ1) is 14.0. The first kappa shape index (κ1) is 20.9. The van der Waals surface area contributed by atoms with Crippen LogP contribution in [-0.4, -0.2) is 33.1 Å². The second-order valence-corrected chi connectivity index (χ2v) is 8.13. The molecule has 1 aromatic heterocycles. The number of carboxylic acid groups (broad SMARTS) is 1. The minimum atomic E-state index is -1.03. The summed E-state index contributed by atoms with van der Waals surface area (Å²) in [5.74, 6) is -1.58. The summed E-state index contributed by atoms with van der Waals surface area (Å²) in [6, 6.07) is 6.05. The van der Waals surface area contributed by atoms with Crippen molar-refractivity contribution in [2.45, 2.75) is 57.4 Å². The highest BCUT2D eigenvalue weighted by atomic mass is 32.1. The van der Waals surface area contributed by atoms with Crippen LogP contribution in [-0.2, 0) is 11.2 Å². The Morgan fingerprint density at radius 2 is 1.76 bits per heavy atom. The van der Waals surface area contributed by atoms with E-state index in [0.29, 0.717) is 15.7 Å². The average Bonchev–Trinajstić information content (AvgIpc) is 3.00. The fraction of sp³-hybridized carbons (Fsp3) is 0.450. The van der Waals surface area contributed by atoms with E-state index in [1.54, 1.807) is 0 Å². The van der Waals surface area contributed by atoms with Gasteiger partial charge in [0.05, 0.1) is 22.9 Å². The third kappa shape index (κ3) is 6.35. The number of carboxylic acids is 1. The summed E-state index contributed by atoms with van der Waals surface area (Å²) in [5, 5.41) is 30.5. The summed E-state index contributed by atoms with van der Waals surface area (Å²) in [4.78, 5) is 27.5. The van der Waals surface area contributed by atoms with Crippen LogP contribution in [0.2, 0.25) is 0 Å². The SMILES string of the molecule is O=C(Cc1sc(N=NC2CCCCCCC2)nc1O)Nc1ccc(C(=O)O)cc1. The number of benzene rings is 1. The number of nitrogens with one attached hydrogen (secondary N) is 1. The summed E-state index contributed by atoms with van der Waals surface area (Å²) in [6.07, 6.45) is 8.08. The van der Waals surface area contributed by atoms with Crippen LogP contribution in [0.15, 0.2) is 34.5 Å².